The number of para-hydroxylation sites is 1. The summed E-state index contributed by atoms with van der Waals surface area (Å²) in [5, 5.41) is 5.87. The fraction of sp³-hybridized carbons (Fsp3) is 0.176. The molecule has 2 amide bonds. The van der Waals surface area contributed by atoms with E-state index < -0.39 is 5.91 Å². The van der Waals surface area contributed by atoms with E-state index >= 15 is 0 Å². The van der Waals surface area contributed by atoms with Crippen LogP contribution in [0.4, 0.5) is 11.4 Å². The zero-order valence-corrected chi connectivity index (χ0v) is 12.6. The van der Waals surface area contributed by atoms with E-state index in [1.165, 1.54) is 0 Å². The molecule has 114 valence electrons. The molecule has 0 spiro atoms. The molecule has 2 aromatic carbocycles. The van der Waals surface area contributed by atoms with Crippen molar-refractivity contribution in [2.45, 2.75) is 13.8 Å². The molecule has 0 saturated carbocycles. The number of nitrogens with two attached hydrogens (primary N) is 1. The van der Waals surface area contributed by atoms with Crippen LogP contribution in [0.2, 0.25) is 0 Å². The molecule has 5 nitrogen and oxygen atoms in total. The third-order valence-electron chi connectivity index (χ3n) is 3.35. The summed E-state index contributed by atoms with van der Waals surface area (Å²) in [6.07, 6.45) is 0. The number of hydrogen-bond donors (Lipinski definition) is 3. The van der Waals surface area contributed by atoms with Gasteiger partial charge in [0.05, 0.1) is 6.54 Å². The Hall–Kier alpha value is -2.82. The molecule has 0 fully saturated rings. The van der Waals surface area contributed by atoms with Crippen LogP contribution < -0.4 is 16.4 Å². The van der Waals surface area contributed by atoms with E-state index in [1.807, 2.05) is 32.0 Å². The molecule has 0 atom stereocenters. The number of nitrogens with one attached hydrogen (secondary N) is 2. The Kier molecular flexibility index (Phi) is 4.78. The minimum atomic E-state index is -0.497. The highest BCUT2D eigenvalue weighted by atomic mass is 16.2. The van der Waals surface area contributed by atoms with Gasteiger partial charge in [-0.2, -0.15) is 0 Å². The first-order chi connectivity index (χ1) is 10.5. The SMILES string of the molecule is Cc1cccc(C)c1NC(=O)CNc1cccc(C(N)=O)c1. The van der Waals surface area contributed by atoms with Gasteiger partial charge in [0.2, 0.25) is 11.8 Å². The summed E-state index contributed by atoms with van der Waals surface area (Å²) in [7, 11) is 0. The highest BCUT2D eigenvalue weighted by molar-refractivity contribution is 5.96. The molecule has 0 heterocycles. The normalized spacial score (nSPS) is 10.1. The molecular formula is C17H19N3O2. The van der Waals surface area contributed by atoms with E-state index in [0.29, 0.717) is 11.3 Å². The predicted molar refractivity (Wildman–Crippen MR) is 88.0 cm³/mol. The molecule has 22 heavy (non-hydrogen) atoms. The lowest BCUT2D eigenvalue weighted by molar-refractivity contribution is -0.114. The van der Waals surface area contributed by atoms with E-state index in [9.17, 15) is 9.59 Å². The molecule has 0 radical (unpaired) electrons. The van der Waals surface area contributed by atoms with Crippen molar-refractivity contribution in [3.8, 4) is 0 Å². The first-order valence-electron chi connectivity index (χ1n) is 6.97. The maximum absolute atomic E-state index is 12.0. The molecule has 0 aromatic heterocycles. The van der Waals surface area contributed by atoms with Gasteiger partial charge < -0.3 is 16.4 Å². The van der Waals surface area contributed by atoms with Crippen LogP contribution in [-0.4, -0.2) is 18.4 Å². The van der Waals surface area contributed by atoms with Gasteiger partial charge in [0, 0.05) is 16.9 Å². The topological polar surface area (TPSA) is 84.2 Å². The Morgan fingerprint density at radius 1 is 1.05 bits per heavy atom. The summed E-state index contributed by atoms with van der Waals surface area (Å²) in [4.78, 5) is 23.2. The third kappa shape index (κ3) is 3.85. The molecular weight excluding hydrogens is 278 g/mol. The number of aryl methyl sites for hydroxylation is 2. The van der Waals surface area contributed by atoms with Crippen LogP contribution in [-0.2, 0) is 4.79 Å². The summed E-state index contributed by atoms with van der Waals surface area (Å²) in [5.74, 6) is -0.648. The molecule has 2 rings (SSSR count). The number of hydrogen-bond acceptors (Lipinski definition) is 3. The highest BCUT2D eigenvalue weighted by Gasteiger charge is 2.07. The van der Waals surface area contributed by atoms with Gasteiger partial charge in [0.25, 0.3) is 0 Å². The Labute approximate surface area is 129 Å². The van der Waals surface area contributed by atoms with Gasteiger partial charge in [0.15, 0.2) is 0 Å². The van der Waals surface area contributed by atoms with Crippen LogP contribution >= 0.6 is 0 Å². The van der Waals surface area contributed by atoms with Crippen LogP contribution in [0.5, 0.6) is 0 Å². The van der Waals surface area contributed by atoms with Crippen molar-refractivity contribution < 1.29 is 9.59 Å². The smallest absolute Gasteiger partial charge is 0.248 e. The molecule has 0 aliphatic carbocycles. The lowest BCUT2D eigenvalue weighted by atomic mass is 10.1. The molecule has 0 unspecified atom stereocenters. The lowest BCUT2D eigenvalue weighted by Gasteiger charge is -2.12. The van der Waals surface area contributed by atoms with Crippen molar-refractivity contribution in [3.05, 3.63) is 59.2 Å². The Balaban J connectivity index is 1.99. The summed E-state index contributed by atoms with van der Waals surface area (Å²) >= 11 is 0. The van der Waals surface area contributed by atoms with Gasteiger partial charge in [0.1, 0.15) is 0 Å². The van der Waals surface area contributed by atoms with Gasteiger partial charge in [-0.05, 0) is 43.2 Å². The van der Waals surface area contributed by atoms with E-state index in [-0.39, 0.29) is 12.5 Å². The average molecular weight is 297 g/mol. The highest BCUT2D eigenvalue weighted by Crippen LogP contribution is 2.19. The zero-order chi connectivity index (χ0) is 16.1. The van der Waals surface area contributed by atoms with E-state index in [1.54, 1.807) is 24.3 Å². The van der Waals surface area contributed by atoms with Gasteiger partial charge in [-0.3, -0.25) is 9.59 Å². The van der Waals surface area contributed by atoms with Gasteiger partial charge in [-0.1, -0.05) is 24.3 Å². The van der Waals surface area contributed by atoms with Crippen molar-refractivity contribution in [3.63, 3.8) is 0 Å². The molecule has 5 heteroatoms. The van der Waals surface area contributed by atoms with Crippen LogP contribution in [0.25, 0.3) is 0 Å². The molecule has 4 N–H and O–H groups in total. The van der Waals surface area contributed by atoms with E-state index in [4.69, 9.17) is 5.73 Å². The van der Waals surface area contributed by atoms with Crippen LogP contribution in [0.1, 0.15) is 21.5 Å². The minimum absolute atomic E-state index is 0.107. The van der Waals surface area contributed by atoms with Crippen LogP contribution in [0, 0.1) is 13.8 Å². The summed E-state index contributed by atoms with van der Waals surface area (Å²) in [6.45, 7) is 4.01. The maximum Gasteiger partial charge on any atom is 0.248 e. The second kappa shape index (κ2) is 6.76. The second-order valence-electron chi connectivity index (χ2n) is 5.11. The van der Waals surface area contributed by atoms with Crippen molar-refractivity contribution in [2.75, 3.05) is 17.2 Å². The molecule has 0 saturated heterocycles. The fourth-order valence-electron chi connectivity index (χ4n) is 2.16. The number of rotatable bonds is 5. The number of anilines is 2. The van der Waals surface area contributed by atoms with Crippen LogP contribution in [0.3, 0.4) is 0 Å². The quantitative estimate of drug-likeness (QED) is 0.792. The van der Waals surface area contributed by atoms with E-state index in [2.05, 4.69) is 10.6 Å². The van der Waals surface area contributed by atoms with Crippen molar-refractivity contribution in [1.82, 2.24) is 0 Å². The van der Waals surface area contributed by atoms with Crippen molar-refractivity contribution >= 4 is 23.2 Å². The average Bonchev–Trinajstić information content (AvgIpc) is 2.49. The Morgan fingerprint density at radius 2 is 1.68 bits per heavy atom. The Morgan fingerprint density at radius 3 is 2.32 bits per heavy atom. The first kappa shape index (κ1) is 15.6. The van der Waals surface area contributed by atoms with Gasteiger partial charge in [-0.25, -0.2) is 0 Å². The number of carbonyl (C=O) groups is 2. The molecule has 0 aliphatic heterocycles. The molecule has 0 bridgehead atoms. The minimum Gasteiger partial charge on any atom is -0.376 e. The first-order valence-corrected chi connectivity index (χ1v) is 6.97. The monoisotopic (exact) mass is 297 g/mol. The number of primary amides is 1. The largest absolute Gasteiger partial charge is 0.376 e. The predicted octanol–water partition coefficient (Wildman–Crippen LogP) is 2.45. The van der Waals surface area contributed by atoms with Crippen molar-refractivity contribution in [1.29, 1.82) is 0 Å². The lowest BCUT2D eigenvalue weighted by Crippen LogP contribution is -2.23. The molecule has 0 aliphatic rings. The zero-order valence-electron chi connectivity index (χ0n) is 12.6. The number of carbonyl (C=O) groups excluding carboxylic acids is 2. The molecule has 2 aromatic rings. The van der Waals surface area contributed by atoms with Crippen molar-refractivity contribution in [2.24, 2.45) is 5.73 Å². The summed E-state index contributed by atoms with van der Waals surface area (Å²) in [6, 6.07) is 12.6. The summed E-state index contributed by atoms with van der Waals surface area (Å²) < 4.78 is 0. The van der Waals surface area contributed by atoms with Crippen LogP contribution in [0.15, 0.2) is 42.5 Å². The van der Waals surface area contributed by atoms with Gasteiger partial charge in [-0.15, -0.1) is 0 Å². The number of benzene rings is 2. The second-order valence-corrected chi connectivity index (χ2v) is 5.11. The third-order valence-corrected chi connectivity index (χ3v) is 3.35. The van der Waals surface area contributed by atoms with Gasteiger partial charge >= 0.3 is 0 Å². The fourth-order valence-corrected chi connectivity index (χ4v) is 2.16. The maximum atomic E-state index is 12.0. The Bertz CT molecular complexity index is 691. The standard InChI is InChI=1S/C17H19N3O2/c1-11-5-3-6-12(2)16(11)20-15(21)10-19-14-8-4-7-13(9-14)17(18)22/h3-9,19H,10H2,1-2H3,(H2,18,22)(H,20,21). The summed E-state index contributed by atoms with van der Waals surface area (Å²) in [5.41, 5.74) is 9.17. The van der Waals surface area contributed by atoms with E-state index in [0.717, 1.165) is 16.8 Å². The number of amides is 2.